The van der Waals surface area contributed by atoms with E-state index in [1.807, 2.05) is 12.1 Å². The smallest absolute Gasteiger partial charge is 0.252 e. The highest BCUT2D eigenvalue weighted by Gasteiger charge is 2.18. The first-order valence-electron chi connectivity index (χ1n) is 5.96. The number of halogens is 1. The number of amides is 1. The molecule has 0 aromatic heterocycles. The van der Waals surface area contributed by atoms with Crippen LogP contribution in [0.4, 0.5) is 0 Å². The zero-order valence-corrected chi connectivity index (χ0v) is 12.1. The maximum absolute atomic E-state index is 12.1. The molecule has 0 radical (unpaired) electrons. The van der Waals surface area contributed by atoms with E-state index in [4.69, 9.17) is 0 Å². The van der Waals surface area contributed by atoms with Crippen LogP contribution in [0, 0.1) is 0 Å². The predicted molar refractivity (Wildman–Crippen MR) is 75.7 cm³/mol. The largest absolute Gasteiger partial charge is 0.349 e. The molecule has 0 unspecified atom stereocenters. The lowest BCUT2D eigenvalue weighted by Crippen LogP contribution is -2.36. The van der Waals surface area contributed by atoms with E-state index in [-0.39, 0.29) is 5.91 Å². The summed E-state index contributed by atoms with van der Waals surface area (Å²) in [5, 5.41) is 3.10. The van der Waals surface area contributed by atoms with Gasteiger partial charge in [-0.2, -0.15) is 0 Å². The monoisotopic (exact) mass is 313 g/mol. The van der Waals surface area contributed by atoms with Gasteiger partial charge < -0.3 is 5.32 Å². The third-order valence-corrected chi connectivity index (χ3v) is 4.10. The highest BCUT2D eigenvalue weighted by atomic mass is 79.9. The average molecular weight is 314 g/mol. The second-order valence-corrected chi connectivity index (χ2v) is 5.84. The van der Waals surface area contributed by atoms with Crippen molar-refractivity contribution in [3.8, 4) is 0 Å². The zero-order chi connectivity index (χ0) is 12.3. The summed E-state index contributed by atoms with van der Waals surface area (Å²) in [6.45, 7) is 0. The molecule has 1 N–H and O–H groups in total. The number of carbonyl (C=O) groups excluding carboxylic acids is 1. The Labute approximate surface area is 116 Å². The highest BCUT2D eigenvalue weighted by molar-refractivity contribution is 9.10. The molecule has 0 spiro atoms. The van der Waals surface area contributed by atoms with E-state index in [2.05, 4.69) is 33.9 Å². The molecule has 4 heteroatoms. The maximum atomic E-state index is 12.1. The Balaban J connectivity index is 2.05. The number of benzene rings is 1. The number of thiol groups is 1. The molecular formula is C13H16BrNOS. The van der Waals surface area contributed by atoms with Crippen molar-refractivity contribution in [3.05, 3.63) is 28.2 Å². The summed E-state index contributed by atoms with van der Waals surface area (Å²) in [7, 11) is 0. The van der Waals surface area contributed by atoms with Crippen LogP contribution in [-0.4, -0.2) is 11.9 Å². The highest BCUT2D eigenvalue weighted by Crippen LogP contribution is 2.22. The van der Waals surface area contributed by atoms with Crippen molar-refractivity contribution >= 4 is 34.5 Å². The quantitative estimate of drug-likeness (QED) is 0.799. The van der Waals surface area contributed by atoms with E-state index in [0.717, 1.165) is 22.2 Å². The summed E-state index contributed by atoms with van der Waals surface area (Å²) >= 11 is 7.66. The maximum Gasteiger partial charge on any atom is 0.252 e. The fourth-order valence-corrected chi connectivity index (χ4v) is 2.83. The predicted octanol–water partition coefficient (Wildman–Crippen LogP) is 3.80. The first-order valence-corrected chi connectivity index (χ1v) is 7.20. The van der Waals surface area contributed by atoms with Crippen LogP contribution >= 0.6 is 28.6 Å². The molecule has 92 valence electrons. The first kappa shape index (κ1) is 13.0. The van der Waals surface area contributed by atoms with E-state index in [0.29, 0.717) is 11.6 Å². The van der Waals surface area contributed by atoms with Crippen molar-refractivity contribution < 1.29 is 4.79 Å². The second-order valence-electron chi connectivity index (χ2n) is 4.47. The van der Waals surface area contributed by atoms with Crippen LogP contribution in [0.25, 0.3) is 0 Å². The van der Waals surface area contributed by atoms with Crippen molar-refractivity contribution in [2.24, 2.45) is 0 Å². The molecule has 0 aliphatic heterocycles. The van der Waals surface area contributed by atoms with Gasteiger partial charge in [-0.05, 0) is 47.0 Å². The Bertz CT molecular complexity index is 416. The number of carbonyl (C=O) groups is 1. The SMILES string of the molecule is O=C(NC1CCCCC1)c1cc(S)ccc1Br. The van der Waals surface area contributed by atoms with E-state index in [1.54, 1.807) is 6.07 Å². The molecule has 1 amide bonds. The minimum atomic E-state index is -0.000301. The van der Waals surface area contributed by atoms with Crippen LogP contribution in [0.15, 0.2) is 27.6 Å². The molecule has 1 aliphatic carbocycles. The van der Waals surface area contributed by atoms with Crippen LogP contribution in [0.2, 0.25) is 0 Å². The van der Waals surface area contributed by atoms with Gasteiger partial charge in [-0.1, -0.05) is 19.3 Å². The summed E-state index contributed by atoms with van der Waals surface area (Å²) < 4.78 is 0.823. The molecule has 17 heavy (non-hydrogen) atoms. The standard InChI is InChI=1S/C13H16BrNOS/c14-12-7-6-10(17)8-11(12)13(16)15-9-4-2-1-3-5-9/h6-9,17H,1-5H2,(H,15,16). The Morgan fingerprint density at radius 1 is 1.29 bits per heavy atom. The van der Waals surface area contributed by atoms with Crippen LogP contribution in [-0.2, 0) is 0 Å². The van der Waals surface area contributed by atoms with Crippen molar-refractivity contribution in [2.75, 3.05) is 0 Å². The molecule has 1 aromatic carbocycles. The van der Waals surface area contributed by atoms with Crippen molar-refractivity contribution in [1.82, 2.24) is 5.32 Å². The molecular weight excluding hydrogens is 298 g/mol. The number of rotatable bonds is 2. The Hall–Kier alpha value is -0.480. The van der Waals surface area contributed by atoms with Gasteiger partial charge in [-0.15, -0.1) is 12.6 Å². The third kappa shape index (κ3) is 3.49. The number of hydrogen-bond donors (Lipinski definition) is 2. The number of hydrogen-bond acceptors (Lipinski definition) is 2. The lowest BCUT2D eigenvalue weighted by Gasteiger charge is -2.23. The fourth-order valence-electron chi connectivity index (χ4n) is 2.20. The van der Waals surface area contributed by atoms with Gasteiger partial charge in [0.1, 0.15) is 0 Å². The van der Waals surface area contributed by atoms with Gasteiger partial charge in [-0.3, -0.25) is 4.79 Å². The van der Waals surface area contributed by atoms with E-state index in [9.17, 15) is 4.79 Å². The topological polar surface area (TPSA) is 29.1 Å². The summed E-state index contributed by atoms with van der Waals surface area (Å²) in [6, 6.07) is 5.86. The van der Waals surface area contributed by atoms with Crippen LogP contribution < -0.4 is 5.32 Å². The summed E-state index contributed by atoms with van der Waals surface area (Å²) in [5.74, 6) is -0.000301. The molecule has 0 saturated heterocycles. The molecule has 1 aromatic rings. The zero-order valence-electron chi connectivity index (χ0n) is 9.58. The van der Waals surface area contributed by atoms with Crippen LogP contribution in [0.5, 0.6) is 0 Å². The third-order valence-electron chi connectivity index (χ3n) is 3.13. The van der Waals surface area contributed by atoms with E-state index < -0.39 is 0 Å². The molecule has 2 nitrogen and oxygen atoms in total. The Kier molecular flexibility index (Phi) is 4.51. The minimum absolute atomic E-state index is 0.000301. The van der Waals surface area contributed by atoms with Gasteiger partial charge in [0.15, 0.2) is 0 Å². The normalized spacial score (nSPS) is 16.8. The first-order chi connectivity index (χ1) is 8.16. The molecule has 2 rings (SSSR count). The van der Waals surface area contributed by atoms with Gasteiger partial charge >= 0.3 is 0 Å². The van der Waals surface area contributed by atoms with Crippen molar-refractivity contribution in [1.29, 1.82) is 0 Å². The van der Waals surface area contributed by atoms with E-state index >= 15 is 0 Å². The van der Waals surface area contributed by atoms with Gasteiger partial charge in [0.05, 0.1) is 5.56 Å². The summed E-state index contributed by atoms with van der Waals surface area (Å²) in [4.78, 5) is 12.9. The van der Waals surface area contributed by atoms with Gasteiger partial charge in [-0.25, -0.2) is 0 Å². The Morgan fingerprint density at radius 2 is 2.00 bits per heavy atom. The van der Waals surface area contributed by atoms with Crippen molar-refractivity contribution in [2.45, 2.75) is 43.0 Å². The lowest BCUT2D eigenvalue weighted by atomic mass is 9.95. The molecule has 0 atom stereocenters. The van der Waals surface area contributed by atoms with Gasteiger partial charge in [0.2, 0.25) is 0 Å². The average Bonchev–Trinajstić information content (AvgIpc) is 2.33. The molecule has 0 heterocycles. The van der Waals surface area contributed by atoms with Gasteiger partial charge in [0, 0.05) is 15.4 Å². The molecule has 1 saturated carbocycles. The Morgan fingerprint density at radius 3 is 2.71 bits per heavy atom. The fraction of sp³-hybridized carbons (Fsp3) is 0.462. The number of nitrogens with one attached hydrogen (secondary N) is 1. The molecule has 1 fully saturated rings. The van der Waals surface area contributed by atoms with E-state index in [1.165, 1.54) is 19.3 Å². The van der Waals surface area contributed by atoms with Gasteiger partial charge in [0.25, 0.3) is 5.91 Å². The molecule has 0 bridgehead atoms. The van der Waals surface area contributed by atoms with Crippen LogP contribution in [0.1, 0.15) is 42.5 Å². The lowest BCUT2D eigenvalue weighted by molar-refractivity contribution is 0.0926. The van der Waals surface area contributed by atoms with Crippen LogP contribution in [0.3, 0.4) is 0 Å². The molecule has 1 aliphatic rings. The van der Waals surface area contributed by atoms with Crippen molar-refractivity contribution in [3.63, 3.8) is 0 Å². The second kappa shape index (κ2) is 5.91. The summed E-state index contributed by atoms with van der Waals surface area (Å²) in [6.07, 6.45) is 5.94. The minimum Gasteiger partial charge on any atom is -0.349 e. The summed E-state index contributed by atoms with van der Waals surface area (Å²) in [5.41, 5.74) is 0.670.